The normalized spacial score (nSPS) is 27.6. The SMILES string of the molecule is CN1C(=O)[C@@]2(c3cc(Cl)ccc31)N(C)C[C@@H](c1ccccn1)[C@@]21SC(=S)N(Cc2ccccc2)C1=O. The van der Waals surface area contributed by atoms with Gasteiger partial charge in [0.05, 0.1) is 6.54 Å². The Kier molecular flexibility index (Phi) is 5.50. The van der Waals surface area contributed by atoms with Crippen LogP contribution in [0.1, 0.15) is 22.7 Å². The molecule has 0 aliphatic carbocycles. The van der Waals surface area contributed by atoms with E-state index in [2.05, 4.69) is 4.98 Å². The van der Waals surface area contributed by atoms with Crippen LogP contribution < -0.4 is 4.90 Å². The molecule has 0 bridgehead atoms. The lowest BCUT2D eigenvalue weighted by Crippen LogP contribution is -2.62. The zero-order valence-electron chi connectivity index (χ0n) is 19.7. The number of rotatable bonds is 3. The Morgan fingerprint density at radius 2 is 1.81 bits per heavy atom. The van der Waals surface area contributed by atoms with Crippen molar-refractivity contribution in [2.45, 2.75) is 22.7 Å². The average Bonchev–Trinajstić information content (AvgIpc) is 3.38. The number of thioether (sulfide) groups is 1. The van der Waals surface area contributed by atoms with E-state index >= 15 is 0 Å². The summed E-state index contributed by atoms with van der Waals surface area (Å²) in [5, 5.41) is 0.514. The molecule has 2 amide bonds. The van der Waals surface area contributed by atoms with Crippen molar-refractivity contribution in [3.8, 4) is 0 Å². The van der Waals surface area contributed by atoms with E-state index in [9.17, 15) is 9.59 Å². The molecule has 6 nitrogen and oxygen atoms in total. The topological polar surface area (TPSA) is 56.8 Å². The van der Waals surface area contributed by atoms with Crippen molar-refractivity contribution in [1.82, 2.24) is 14.8 Å². The molecule has 2 spiro atoms. The number of fused-ring (bicyclic) bond motifs is 3. The molecule has 2 fully saturated rings. The van der Waals surface area contributed by atoms with Gasteiger partial charge < -0.3 is 4.90 Å². The number of hydrogen-bond acceptors (Lipinski definition) is 6. The highest BCUT2D eigenvalue weighted by Crippen LogP contribution is 2.66. The number of carbonyl (C=O) groups is 2. The van der Waals surface area contributed by atoms with Gasteiger partial charge in [-0.3, -0.25) is 24.4 Å². The van der Waals surface area contributed by atoms with Gasteiger partial charge in [-0.15, -0.1) is 0 Å². The lowest BCUT2D eigenvalue weighted by molar-refractivity contribution is -0.139. The van der Waals surface area contributed by atoms with Crippen molar-refractivity contribution < 1.29 is 9.59 Å². The Morgan fingerprint density at radius 3 is 2.53 bits per heavy atom. The first kappa shape index (κ1) is 23.6. The molecule has 0 unspecified atom stereocenters. The zero-order chi connectivity index (χ0) is 25.2. The lowest BCUT2D eigenvalue weighted by Gasteiger charge is -2.42. The van der Waals surface area contributed by atoms with Gasteiger partial charge in [0.1, 0.15) is 9.07 Å². The fraction of sp³-hybridized carbons (Fsp3) is 0.259. The third-order valence-corrected chi connectivity index (χ3v) is 9.82. The van der Waals surface area contributed by atoms with Gasteiger partial charge in [0, 0.05) is 47.7 Å². The Morgan fingerprint density at radius 1 is 1.06 bits per heavy atom. The van der Waals surface area contributed by atoms with Crippen molar-refractivity contribution in [1.29, 1.82) is 0 Å². The molecule has 0 radical (unpaired) electrons. The van der Waals surface area contributed by atoms with Gasteiger partial charge in [-0.1, -0.05) is 72.0 Å². The minimum absolute atomic E-state index is 0.161. The summed E-state index contributed by atoms with van der Waals surface area (Å²) >= 11 is 13.7. The maximum atomic E-state index is 14.7. The molecule has 3 aliphatic heterocycles. The van der Waals surface area contributed by atoms with E-state index in [4.69, 9.17) is 23.8 Å². The first-order valence-corrected chi connectivity index (χ1v) is 13.2. The summed E-state index contributed by atoms with van der Waals surface area (Å²) in [5.41, 5.74) is 1.92. The summed E-state index contributed by atoms with van der Waals surface area (Å²) in [6.45, 7) is 0.803. The van der Waals surface area contributed by atoms with Gasteiger partial charge in [0.2, 0.25) is 5.91 Å². The van der Waals surface area contributed by atoms with Crippen LogP contribution in [0.25, 0.3) is 0 Å². The van der Waals surface area contributed by atoms with Crippen LogP contribution in [0.5, 0.6) is 0 Å². The highest BCUT2D eigenvalue weighted by Gasteiger charge is 2.78. The standard InChI is InChI=1S/C27H23ClN4O2S2/c1-30-16-20(21-10-6-7-13-29-21)27(24(34)32(25(35)36-27)15-17-8-4-3-5-9-17)26(30)19-14-18(28)11-12-22(19)31(2)23(26)33/h3-14,20H,15-16H2,1-2H3/t20-,26+,27-/m0/s1. The minimum atomic E-state index is -1.29. The number of carbonyl (C=O) groups excluding carboxylic acids is 2. The molecule has 4 heterocycles. The molecule has 3 aromatic rings. The Hall–Kier alpha value is -2.78. The van der Waals surface area contributed by atoms with E-state index in [1.165, 1.54) is 11.8 Å². The van der Waals surface area contributed by atoms with E-state index < -0.39 is 10.3 Å². The monoisotopic (exact) mass is 534 g/mol. The van der Waals surface area contributed by atoms with E-state index in [0.717, 1.165) is 22.5 Å². The molecule has 2 saturated heterocycles. The second-order valence-electron chi connectivity index (χ2n) is 9.40. The molecular formula is C27H23ClN4O2S2. The number of likely N-dealkylation sites (tertiary alicyclic amines) is 1. The van der Waals surface area contributed by atoms with Crippen molar-refractivity contribution in [2.24, 2.45) is 0 Å². The van der Waals surface area contributed by atoms with Crippen LogP contribution in [-0.4, -0.2) is 56.3 Å². The highest BCUT2D eigenvalue weighted by molar-refractivity contribution is 8.25. The van der Waals surface area contributed by atoms with Crippen LogP contribution in [0.3, 0.4) is 0 Å². The highest BCUT2D eigenvalue weighted by atomic mass is 35.5. The number of halogens is 1. The van der Waals surface area contributed by atoms with Gasteiger partial charge in [0.15, 0.2) is 5.54 Å². The average molecular weight is 535 g/mol. The molecule has 0 saturated carbocycles. The zero-order valence-corrected chi connectivity index (χ0v) is 22.1. The van der Waals surface area contributed by atoms with Gasteiger partial charge >= 0.3 is 0 Å². The molecule has 9 heteroatoms. The Balaban J connectivity index is 1.60. The van der Waals surface area contributed by atoms with Crippen molar-refractivity contribution >= 4 is 57.4 Å². The largest absolute Gasteiger partial charge is 0.313 e. The predicted molar refractivity (Wildman–Crippen MR) is 146 cm³/mol. The minimum Gasteiger partial charge on any atom is -0.313 e. The molecule has 3 atom stereocenters. The maximum absolute atomic E-state index is 14.7. The van der Waals surface area contributed by atoms with Crippen LogP contribution in [0.15, 0.2) is 72.9 Å². The second kappa shape index (κ2) is 8.38. The maximum Gasteiger partial charge on any atom is 0.254 e. The number of nitrogens with zero attached hydrogens (tertiary/aromatic N) is 4. The van der Waals surface area contributed by atoms with Crippen LogP contribution >= 0.6 is 35.6 Å². The van der Waals surface area contributed by atoms with Gasteiger partial charge in [-0.25, -0.2) is 0 Å². The third-order valence-electron chi connectivity index (χ3n) is 7.64. The molecule has 6 rings (SSSR count). The van der Waals surface area contributed by atoms with Crippen LogP contribution in [0.4, 0.5) is 5.69 Å². The summed E-state index contributed by atoms with van der Waals surface area (Å²) in [4.78, 5) is 39.0. The van der Waals surface area contributed by atoms with E-state index in [0.29, 0.717) is 22.4 Å². The van der Waals surface area contributed by atoms with Gasteiger partial charge in [-0.2, -0.15) is 0 Å². The lowest BCUT2D eigenvalue weighted by atomic mass is 9.72. The quantitative estimate of drug-likeness (QED) is 0.463. The summed E-state index contributed by atoms with van der Waals surface area (Å²) in [6.07, 6.45) is 1.73. The first-order chi connectivity index (χ1) is 17.3. The number of likely N-dealkylation sites (N-methyl/N-ethyl adjacent to an activating group) is 2. The number of thiocarbonyl (C=S) groups is 1. The van der Waals surface area contributed by atoms with Crippen LogP contribution in [0, 0.1) is 0 Å². The number of aromatic nitrogens is 1. The smallest absolute Gasteiger partial charge is 0.254 e. The number of pyridine rings is 1. The molecule has 2 aromatic carbocycles. The van der Waals surface area contributed by atoms with Crippen molar-refractivity contribution in [3.05, 3.63) is 94.8 Å². The van der Waals surface area contributed by atoms with Crippen molar-refractivity contribution in [2.75, 3.05) is 25.5 Å². The number of anilines is 1. The van der Waals surface area contributed by atoms with E-state index in [-0.39, 0.29) is 17.7 Å². The molecule has 182 valence electrons. The summed E-state index contributed by atoms with van der Waals surface area (Å²) in [5.74, 6) is -0.705. The Bertz CT molecular complexity index is 1410. The van der Waals surface area contributed by atoms with Crippen molar-refractivity contribution in [3.63, 3.8) is 0 Å². The predicted octanol–water partition coefficient (Wildman–Crippen LogP) is 4.44. The number of amides is 2. The fourth-order valence-corrected chi connectivity index (χ4v) is 8.40. The van der Waals surface area contributed by atoms with E-state index in [1.807, 2.05) is 72.6 Å². The van der Waals surface area contributed by atoms with Crippen LogP contribution in [-0.2, 0) is 21.7 Å². The summed E-state index contributed by atoms with van der Waals surface area (Å²) in [6, 6.07) is 20.9. The Labute approximate surface area is 224 Å². The van der Waals surface area contributed by atoms with Crippen LogP contribution in [0.2, 0.25) is 5.02 Å². The number of benzene rings is 2. The fourth-order valence-electron chi connectivity index (χ4n) is 6.12. The molecule has 0 N–H and O–H groups in total. The molecule has 1 aromatic heterocycles. The first-order valence-electron chi connectivity index (χ1n) is 11.6. The number of hydrogen-bond donors (Lipinski definition) is 0. The second-order valence-corrected chi connectivity index (χ2v) is 11.7. The van der Waals surface area contributed by atoms with Gasteiger partial charge in [0.25, 0.3) is 5.91 Å². The molecule has 3 aliphatic rings. The third kappa shape index (κ3) is 2.96. The van der Waals surface area contributed by atoms with E-state index in [1.54, 1.807) is 29.1 Å². The summed E-state index contributed by atoms with van der Waals surface area (Å²) < 4.78 is -0.783. The molecular weight excluding hydrogens is 512 g/mol. The summed E-state index contributed by atoms with van der Waals surface area (Å²) in [7, 11) is 3.66. The molecule has 36 heavy (non-hydrogen) atoms. The van der Waals surface area contributed by atoms with Gasteiger partial charge in [-0.05, 0) is 42.9 Å².